The minimum Gasteiger partial charge on any atom is -0.394 e. The lowest BCUT2D eigenvalue weighted by molar-refractivity contribution is -0.132. The average molecular weight is 1070 g/mol. The van der Waals surface area contributed by atoms with Crippen molar-refractivity contribution in [3.8, 4) is 0 Å². The highest BCUT2D eigenvalue weighted by Gasteiger charge is 2.28. The number of aliphatic hydroxyl groups excluding tert-OH is 4. The molecule has 454 valence electrons. The van der Waals surface area contributed by atoms with Crippen LogP contribution in [0.2, 0.25) is 0 Å². The maximum atomic E-state index is 12.7. The van der Waals surface area contributed by atoms with E-state index in [4.69, 9.17) is 0 Å². The second-order valence-electron chi connectivity index (χ2n) is 24.6. The fraction of sp³-hybridized carbons (Fsp3) is 0.957. The summed E-state index contributed by atoms with van der Waals surface area (Å²) >= 11 is 0. The van der Waals surface area contributed by atoms with Crippen LogP contribution >= 0.6 is 0 Å². The van der Waals surface area contributed by atoms with Gasteiger partial charge in [-0.1, -0.05) is 373 Å². The zero-order valence-electron chi connectivity index (χ0n) is 51.8. The minimum atomic E-state index is -1.26. The highest BCUT2D eigenvalue weighted by molar-refractivity contribution is 5.80. The molecule has 0 aliphatic heterocycles. The molecule has 4 unspecified atom stereocenters. The van der Waals surface area contributed by atoms with Crippen LogP contribution in [0.5, 0.6) is 0 Å². The molecule has 0 radical (unpaired) electrons. The van der Waals surface area contributed by atoms with E-state index >= 15 is 0 Å². The van der Waals surface area contributed by atoms with E-state index in [-0.39, 0.29) is 0 Å². The average Bonchev–Trinajstić information content (AvgIpc) is 3.42. The fourth-order valence-corrected chi connectivity index (χ4v) is 11.5. The number of unbranched alkanes of at least 4 members (excludes halogenated alkanes) is 55. The molecule has 6 nitrogen and oxygen atoms in total. The summed E-state index contributed by atoms with van der Waals surface area (Å²) in [6.45, 7) is 4.12. The van der Waals surface area contributed by atoms with Gasteiger partial charge in [0.1, 0.15) is 12.2 Å². The molecule has 0 saturated carbocycles. The number of allylic oxidation sites excluding steroid dienone is 2. The molecule has 0 bridgehead atoms. The van der Waals surface area contributed by atoms with E-state index in [1.165, 1.54) is 334 Å². The van der Waals surface area contributed by atoms with Gasteiger partial charge < -0.3 is 25.7 Å². The van der Waals surface area contributed by atoms with Crippen LogP contribution < -0.4 is 5.32 Å². The summed E-state index contributed by atoms with van der Waals surface area (Å²) in [4.78, 5) is 12.7. The van der Waals surface area contributed by atoms with Gasteiger partial charge in [-0.25, -0.2) is 0 Å². The first-order valence-electron chi connectivity index (χ1n) is 35.1. The van der Waals surface area contributed by atoms with Crippen molar-refractivity contribution < 1.29 is 25.2 Å². The lowest BCUT2D eigenvalue weighted by Gasteiger charge is -2.27. The molecular weight excluding hydrogens is 935 g/mol. The first-order chi connectivity index (χ1) is 37.5. The first kappa shape index (κ1) is 75.0. The molecule has 0 aliphatic carbocycles. The molecule has 0 spiro atoms. The Morgan fingerprint density at radius 1 is 0.316 bits per heavy atom. The lowest BCUT2D eigenvalue weighted by atomic mass is 9.99. The number of carbonyl (C=O) groups excluding carboxylic acids is 1. The molecule has 5 N–H and O–H groups in total. The minimum absolute atomic E-state index is 0.373. The predicted octanol–water partition coefficient (Wildman–Crippen LogP) is 21.5. The zero-order chi connectivity index (χ0) is 55.1. The summed E-state index contributed by atoms with van der Waals surface area (Å²) < 4.78 is 0. The number of hydrogen-bond acceptors (Lipinski definition) is 5. The van der Waals surface area contributed by atoms with Gasteiger partial charge in [-0.05, 0) is 38.5 Å². The molecule has 0 fully saturated rings. The Morgan fingerprint density at radius 3 is 0.763 bits per heavy atom. The molecule has 0 aromatic carbocycles. The van der Waals surface area contributed by atoms with Crippen LogP contribution in [0.15, 0.2) is 12.2 Å². The van der Waals surface area contributed by atoms with Crippen LogP contribution in [0.3, 0.4) is 0 Å². The quantitative estimate of drug-likeness (QED) is 0.0308. The maximum absolute atomic E-state index is 12.7. The normalized spacial score (nSPS) is 13.5. The second kappa shape index (κ2) is 64.9. The third-order valence-electron chi connectivity index (χ3n) is 17.0. The molecule has 0 rings (SSSR count). The Hall–Kier alpha value is -0.950. The van der Waals surface area contributed by atoms with E-state index in [1.807, 2.05) is 0 Å². The van der Waals surface area contributed by atoms with Gasteiger partial charge in [0, 0.05) is 0 Å². The van der Waals surface area contributed by atoms with E-state index in [0.717, 1.165) is 38.5 Å². The van der Waals surface area contributed by atoms with Crippen LogP contribution in [-0.4, -0.2) is 57.3 Å². The van der Waals surface area contributed by atoms with Gasteiger partial charge in [0.15, 0.2) is 0 Å². The summed E-state index contributed by atoms with van der Waals surface area (Å²) in [5.74, 6) is -0.576. The Kier molecular flexibility index (Phi) is 64.1. The standard InChI is InChI=1S/C70H139NO5/c1-3-5-7-9-11-13-15-17-19-21-23-25-27-29-31-33-34-36-37-39-41-43-45-47-49-51-53-55-57-59-61-63-67(73)69(75)66(65-72)71-70(76)68(74)64-62-60-58-56-54-52-50-48-46-44-42-40-38-35-32-30-28-26-24-22-20-18-16-14-12-10-8-6-4-2/h30,32,66-69,72-75H,3-29,31,33-65H2,1-2H3,(H,71,76)/b32-30-. The molecule has 0 aliphatic rings. The van der Waals surface area contributed by atoms with Crippen molar-refractivity contribution in [2.75, 3.05) is 6.61 Å². The predicted molar refractivity (Wildman–Crippen MR) is 335 cm³/mol. The summed E-state index contributed by atoms with van der Waals surface area (Å²) in [5.41, 5.74) is 0. The number of amides is 1. The molecule has 0 aromatic rings. The van der Waals surface area contributed by atoms with Crippen molar-refractivity contribution in [2.45, 2.75) is 423 Å². The van der Waals surface area contributed by atoms with E-state index in [9.17, 15) is 25.2 Å². The van der Waals surface area contributed by atoms with Gasteiger partial charge in [0.05, 0.1) is 18.8 Å². The molecule has 0 saturated heterocycles. The van der Waals surface area contributed by atoms with Gasteiger partial charge in [0.2, 0.25) is 5.91 Å². The van der Waals surface area contributed by atoms with Crippen molar-refractivity contribution in [1.29, 1.82) is 0 Å². The molecule has 4 atom stereocenters. The van der Waals surface area contributed by atoms with Crippen molar-refractivity contribution in [3.05, 3.63) is 12.2 Å². The van der Waals surface area contributed by atoms with Gasteiger partial charge in [-0.15, -0.1) is 0 Å². The number of rotatable bonds is 66. The van der Waals surface area contributed by atoms with Crippen LogP contribution in [0.25, 0.3) is 0 Å². The molecule has 0 heterocycles. The number of aliphatic hydroxyl groups is 4. The number of nitrogens with one attached hydrogen (secondary N) is 1. The topological polar surface area (TPSA) is 110 Å². The fourth-order valence-electron chi connectivity index (χ4n) is 11.5. The van der Waals surface area contributed by atoms with E-state index < -0.39 is 36.9 Å². The second-order valence-corrected chi connectivity index (χ2v) is 24.6. The molecule has 76 heavy (non-hydrogen) atoms. The molecule has 0 aromatic heterocycles. The van der Waals surface area contributed by atoms with Gasteiger partial charge in [-0.3, -0.25) is 4.79 Å². The summed E-state index contributed by atoms with van der Waals surface area (Å²) in [6, 6.07) is -0.985. The SMILES string of the molecule is CCCCCCCCCCCCCC/C=C\CCCCCCCCCCCCCCCC(O)C(=O)NC(CO)C(O)C(O)CCCCCCCCCCCCCCCCCCCCCCCCCCCCCCCCC. The Morgan fingerprint density at radius 2 is 0.526 bits per heavy atom. The van der Waals surface area contributed by atoms with Crippen LogP contribution in [0, 0.1) is 0 Å². The maximum Gasteiger partial charge on any atom is 0.249 e. The van der Waals surface area contributed by atoms with Crippen molar-refractivity contribution >= 4 is 5.91 Å². The first-order valence-corrected chi connectivity index (χ1v) is 35.1. The molecule has 6 heteroatoms. The highest BCUT2D eigenvalue weighted by atomic mass is 16.3. The van der Waals surface area contributed by atoms with Gasteiger partial charge in [-0.2, -0.15) is 0 Å². The Balaban J connectivity index is 3.52. The van der Waals surface area contributed by atoms with Crippen molar-refractivity contribution in [3.63, 3.8) is 0 Å². The van der Waals surface area contributed by atoms with Crippen molar-refractivity contribution in [1.82, 2.24) is 5.32 Å². The third-order valence-corrected chi connectivity index (χ3v) is 17.0. The highest BCUT2D eigenvalue weighted by Crippen LogP contribution is 2.20. The Labute approximate surface area is 476 Å². The number of carbonyl (C=O) groups is 1. The van der Waals surface area contributed by atoms with Crippen LogP contribution in [0.1, 0.15) is 399 Å². The summed E-state index contributed by atoms with van der Waals surface area (Å²) in [5, 5.41) is 44.3. The van der Waals surface area contributed by atoms with Crippen LogP contribution in [0.4, 0.5) is 0 Å². The van der Waals surface area contributed by atoms with Crippen LogP contribution in [-0.2, 0) is 4.79 Å². The number of hydrogen-bond donors (Lipinski definition) is 5. The van der Waals surface area contributed by atoms with E-state index in [0.29, 0.717) is 12.8 Å². The lowest BCUT2D eigenvalue weighted by Crippen LogP contribution is -2.53. The zero-order valence-corrected chi connectivity index (χ0v) is 51.8. The molecular formula is C70H139NO5. The third kappa shape index (κ3) is 57.7. The summed E-state index contributed by atoms with van der Waals surface area (Å²) in [7, 11) is 0. The molecule has 1 amide bonds. The monoisotopic (exact) mass is 1070 g/mol. The van der Waals surface area contributed by atoms with E-state index in [2.05, 4.69) is 31.3 Å². The largest absolute Gasteiger partial charge is 0.394 e. The van der Waals surface area contributed by atoms with Gasteiger partial charge >= 0.3 is 0 Å². The Bertz CT molecular complexity index is 1120. The summed E-state index contributed by atoms with van der Waals surface area (Å²) in [6.07, 6.45) is 80.5. The smallest absolute Gasteiger partial charge is 0.249 e. The van der Waals surface area contributed by atoms with Gasteiger partial charge in [0.25, 0.3) is 0 Å². The van der Waals surface area contributed by atoms with E-state index in [1.54, 1.807) is 0 Å². The van der Waals surface area contributed by atoms with Crippen molar-refractivity contribution in [2.24, 2.45) is 0 Å².